The van der Waals surface area contributed by atoms with Gasteiger partial charge in [-0.25, -0.2) is 4.79 Å². The molecule has 0 rings (SSSR count). The predicted molar refractivity (Wildman–Crippen MR) is 60.8 cm³/mol. The van der Waals surface area contributed by atoms with Gasteiger partial charge in [0.1, 0.15) is 0 Å². The maximum Gasteiger partial charge on any atom is 0.397 e. The molecule has 0 saturated heterocycles. The standard InChI is InChI=1S/C11H21FN2O2/c1-8(15)13-7-10(2,3)6-11(4,5)14-9(12)16/h6-7H2,1-5H3,(H,13,15)(H,14,16). The Morgan fingerprint density at radius 2 is 1.69 bits per heavy atom. The van der Waals surface area contributed by atoms with Gasteiger partial charge in [0.05, 0.1) is 0 Å². The molecule has 0 aromatic rings. The van der Waals surface area contributed by atoms with Crippen molar-refractivity contribution in [1.82, 2.24) is 10.6 Å². The van der Waals surface area contributed by atoms with Gasteiger partial charge in [0.25, 0.3) is 0 Å². The number of halogens is 1. The number of hydrogen-bond donors (Lipinski definition) is 2. The Morgan fingerprint density at radius 3 is 2.06 bits per heavy atom. The third kappa shape index (κ3) is 7.20. The third-order valence-electron chi connectivity index (χ3n) is 2.17. The van der Waals surface area contributed by atoms with Crippen LogP contribution in [0, 0.1) is 5.41 Å². The Morgan fingerprint density at radius 1 is 1.19 bits per heavy atom. The van der Waals surface area contributed by atoms with E-state index < -0.39 is 11.7 Å². The minimum Gasteiger partial charge on any atom is -0.356 e. The van der Waals surface area contributed by atoms with E-state index in [1.54, 1.807) is 13.8 Å². The highest BCUT2D eigenvalue weighted by atomic mass is 19.1. The lowest BCUT2D eigenvalue weighted by molar-refractivity contribution is -0.119. The molecule has 0 unspecified atom stereocenters. The molecule has 0 aliphatic rings. The molecule has 2 amide bonds. The van der Waals surface area contributed by atoms with Crippen LogP contribution in [0.2, 0.25) is 0 Å². The van der Waals surface area contributed by atoms with E-state index in [0.717, 1.165) is 0 Å². The van der Waals surface area contributed by atoms with Gasteiger partial charge in [0, 0.05) is 19.0 Å². The quantitative estimate of drug-likeness (QED) is 0.562. The van der Waals surface area contributed by atoms with Crippen LogP contribution < -0.4 is 10.6 Å². The van der Waals surface area contributed by atoms with Crippen LogP contribution >= 0.6 is 0 Å². The van der Waals surface area contributed by atoms with Gasteiger partial charge in [-0.2, -0.15) is 0 Å². The van der Waals surface area contributed by atoms with E-state index in [-0.39, 0.29) is 11.3 Å². The van der Waals surface area contributed by atoms with E-state index in [4.69, 9.17) is 0 Å². The summed E-state index contributed by atoms with van der Waals surface area (Å²) < 4.78 is 12.3. The second-order valence-electron chi connectivity index (χ2n) is 5.53. The molecule has 16 heavy (non-hydrogen) atoms. The fourth-order valence-corrected chi connectivity index (χ4v) is 1.93. The van der Waals surface area contributed by atoms with E-state index in [2.05, 4.69) is 10.6 Å². The second kappa shape index (κ2) is 5.27. The van der Waals surface area contributed by atoms with Crippen molar-refractivity contribution in [1.29, 1.82) is 0 Å². The monoisotopic (exact) mass is 232 g/mol. The van der Waals surface area contributed by atoms with Crippen molar-refractivity contribution < 1.29 is 14.0 Å². The van der Waals surface area contributed by atoms with E-state index >= 15 is 0 Å². The number of rotatable bonds is 5. The molecule has 94 valence electrons. The highest BCUT2D eigenvalue weighted by Crippen LogP contribution is 2.27. The fourth-order valence-electron chi connectivity index (χ4n) is 1.93. The minimum atomic E-state index is -1.53. The maximum absolute atomic E-state index is 12.3. The Hall–Kier alpha value is -1.13. The molecule has 0 aromatic carbocycles. The molecule has 0 fully saturated rings. The van der Waals surface area contributed by atoms with Gasteiger partial charge in [-0.15, -0.1) is 4.39 Å². The third-order valence-corrected chi connectivity index (χ3v) is 2.17. The van der Waals surface area contributed by atoms with E-state index in [1.807, 2.05) is 13.8 Å². The summed E-state index contributed by atoms with van der Waals surface area (Å²) in [5.74, 6) is -0.0968. The molecule has 5 heteroatoms. The Labute approximate surface area is 96.0 Å². The van der Waals surface area contributed by atoms with Crippen molar-refractivity contribution in [3.05, 3.63) is 0 Å². The molecule has 0 aliphatic heterocycles. The number of carbonyl (C=O) groups excluding carboxylic acids is 2. The Kier molecular flexibility index (Phi) is 4.90. The topological polar surface area (TPSA) is 58.2 Å². The molecule has 0 bridgehead atoms. The molecular formula is C11H21FN2O2. The average Bonchev–Trinajstić information content (AvgIpc) is 1.95. The van der Waals surface area contributed by atoms with Gasteiger partial charge >= 0.3 is 6.16 Å². The van der Waals surface area contributed by atoms with Gasteiger partial charge < -0.3 is 10.6 Å². The van der Waals surface area contributed by atoms with Crippen LogP contribution in [0.15, 0.2) is 0 Å². The van der Waals surface area contributed by atoms with Crippen LogP contribution in [0.3, 0.4) is 0 Å². The molecule has 0 saturated carbocycles. The number of nitrogens with one attached hydrogen (secondary N) is 2. The lowest BCUT2D eigenvalue weighted by Gasteiger charge is -2.34. The first kappa shape index (κ1) is 14.9. The molecule has 0 aliphatic carbocycles. The summed E-state index contributed by atoms with van der Waals surface area (Å²) >= 11 is 0. The molecule has 0 heterocycles. The first-order chi connectivity index (χ1) is 7.04. The number of hydrogen-bond acceptors (Lipinski definition) is 2. The molecule has 2 N–H and O–H groups in total. The molecule has 0 aromatic heterocycles. The average molecular weight is 232 g/mol. The van der Waals surface area contributed by atoms with E-state index in [9.17, 15) is 14.0 Å². The summed E-state index contributed by atoms with van der Waals surface area (Å²) in [6, 6.07) is 0. The fraction of sp³-hybridized carbons (Fsp3) is 0.818. The smallest absolute Gasteiger partial charge is 0.356 e. The second-order valence-corrected chi connectivity index (χ2v) is 5.53. The van der Waals surface area contributed by atoms with Crippen LogP contribution in [0.4, 0.5) is 9.18 Å². The number of amides is 2. The first-order valence-corrected chi connectivity index (χ1v) is 5.26. The Bertz CT molecular complexity index is 275. The van der Waals surface area contributed by atoms with Crippen molar-refractivity contribution in [2.24, 2.45) is 5.41 Å². The van der Waals surface area contributed by atoms with Crippen molar-refractivity contribution in [2.45, 2.75) is 46.6 Å². The molecule has 4 nitrogen and oxygen atoms in total. The first-order valence-electron chi connectivity index (χ1n) is 5.26. The molecule has 0 atom stereocenters. The zero-order valence-corrected chi connectivity index (χ0v) is 10.6. The van der Waals surface area contributed by atoms with Crippen molar-refractivity contribution in [3.63, 3.8) is 0 Å². The number of carbonyl (C=O) groups is 2. The summed E-state index contributed by atoms with van der Waals surface area (Å²) in [7, 11) is 0. The largest absolute Gasteiger partial charge is 0.397 e. The lowest BCUT2D eigenvalue weighted by atomic mass is 9.80. The zero-order chi connectivity index (χ0) is 13.0. The highest BCUT2D eigenvalue weighted by molar-refractivity contribution is 5.72. The van der Waals surface area contributed by atoms with Crippen LogP contribution in [0.1, 0.15) is 41.0 Å². The van der Waals surface area contributed by atoms with Crippen LogP contribution in [0.25, 0.3) is 0 Å². The summed E-state index contributed by atoms with van der Waals surface area (Å²) in [6.45, 7) is 9.35. The predicted octanol–water partition coefficient (Wildman–Crippen LogP) is 2.00. The summed E-state index contributed by atoms with van der Waals surface area (Å²) in [5, 5.41) is 4.96. The van der Waals surface area contributed by atoms with Crippen molar-refractivity contribution >= 4 is 12.1 Å². The van der Waals surface area contributed by atoms with Gasteiger partial charge in [-0.1, -0.05) is 13.8 Å². The van der Waals surface area contributed by atoms with Crippen LogP contribution in [-0.4, -0.2) is 24.2 Å². The SMILES string of the molecule is CC(=O)NCC(C)(C)CC(C)(C)NC(=O)F. The van der Waals surface area contributed by atoms with Crippen molar-refractivity contribution in [2.75, 3.05) is 6.54 Å². The van der Waals surface area contributed by atoms with Gasteiger partial charge in [0.15, 0.2) is 0 Å². The maximum atomic E-state index is 12.3. The van der Waals surface area contributed by atoms with E-state index in [0.29, 0.717) is 13.0 Å². The van der Waals surface area contributed by atoms with Gasteiger partial charge in [0.2, 0.25) is 5.91 Å². The zero-order valence-electron chi connectivity index (χ0n) is 10.6. The van der Waals surface area contributed by atoms with Crippen molar-refractivity contribution in [3.8, 4) is 0 Å². The van der Waals surface area contributed by atoms with Gasteiger partial charge in [-0.05, 0) is 25.7 Å². The summed E-state index contributed by atoms with van der Waals surface area (Å²) in [4.78, 5) is 21.2. The Balaban J connectivity index is 4.32. The minimum absolute atomic E-state index is 0.0968. The molecule has 0 spiro atoms. The molecular weight excluding hydrogens is 211 g/mol. The van der Waals surface area contributed by atoms with Crippen LogP contribution in [-0.2, 0) is 4.79 Å². The highest BCUT2D eigenvalue weighted by Gasteiger charge is 2.30. The van der Waals surface area contributed by atoms with Gasteiger partial charge in [-0.3, -0.25) is 4.79 Å². The van der Waals surface area contributed by atoms with Crippen LogP contribution in [0.5, 0.6) is 0 Å². The summed E-state index contributed by atoms with van der Waals surface area (Å²) in [6.07, 6.45) is -0.962. The lowest BCUT2D eigenvalue weighted by Crippen LogP contribution is -2.46. The molecule has 0 radical (unpaired) electrons. The summed E-state index contributed by atoms with van der Waals surface area (Å²) in [5.41, 5.74) is -0.842. The van der Waals surface area contributed by atoms with E-state index in [1.165, 1.54) is 6.92 Å². The normalized spacial score (nSPS) is 12.1.